The third kappa shape index (κ3) is 2.24. The van der Waals surface area contributed by atoms with E-state index in [4.69, 9.17) is 0 Å². The quantitative estimate of drug-likeness (QED) is 0.825. The van der Waals surface area contributed by atoms with Crippen molar-refractivity contribution in [2.24, 2.45) is 0 Å². The molecule has 0 saturated carbocycles. The summed E-state index contributed by atoms with van der Waals surface area (Å²) in [4.78, 5) is 2.17. The standard InChI is InChI=1S/C13H19NO2S/c1-10(12-7-5-4-6-8-12)14(3)13-9-17(15,16)11(13)2/h4-8,10-11,13H,9H2,1-3H3/t10-,11-,13-/m1/s1. The molecule has 1 aliphatic heterocycles. The molecule has 2 rings (SSSR count). The normalized spacial score (nSPS) is 28.7. The van der Waals surface area contributed by atoms with Gasteiger partial charge in [0.05, 0.1) is 11.0 Å². The van der Waals surface area contributed by atoms with Gasteiger partial charge in [-0.15, -0.1) is 0 Å². The van der Waals surface area contributed by atoms with E-state index in [0.29, 0.717) is 5.75 Å². The van der Waals surface area contributed by atoms with Gasteiger partial charge in [-0.1, -0.05) is 30.3 Å². The molecule has 0 aliphatic carbocycles. The fraction of sp³-hybridized carbons (Fsp3) is 0.538. The minimum atomic E-state index is -2.81. The second-order valence-electron chi connectivity index (χ2n) is 4.85. The van der Waals surface area contributed by atoms with Crippen LogP contribution in [0.5, 0.6) is 0 Å². The van der Waals surface area contributed by atoms with Crippen molar-refractivity contribution in [3.8, 4) is 0 Å². The van der Waals surface area contributed by atoms with E-state index >= 15 is 0 Å². The number of hydrogen-bond acceptors (Lipinski definition) is 3. The van der Waals surface area contributed by atoms with Gasteiger partial charge in [0, 0.05) is 12.1 Å². The van der Waals surface area contributed by atoms with Crippen molar-refractivity contribution < 1.29 is 8.42 Å². The molecule has 1 heterocycles. The first-order valence-electron chi connectivity index (χ1n) is 5.92. The monoisotopic (exact) mass is 253 g/mol. The molecule has 3 atom stereocenters. The second kappa shape index (κ2) is 4.42. The Kier molecular flexibility index (Phi) is 3.27. The van der Waals surface area contributed by atoms with Gasteiger partial charge < -0.3 is 0 Å². The summed E-state index contributed by atoms with van der Waals surface area (Å²) in [6.07, 6.45) is 0. The highest BCUT2D eigenvalue weighted by molar-refractivity contribution is 7.93. The molecule has 94 valence electrons. The molecule has 3 nitrogen and oxygen atoms in total. The lowest BCUT2D eigenvalue weighted by atomic mass is 10.0. The maximum Gasteiger partial charge on any atom is 0.156 e. The maximum atomic E-state index is 11.5. The molecule has 0 radical (unpaired) electrons. The van der Waals surface area contributed by atoms with Crippen molar-refractivity contribution in [2.75, 3.05) is 12.8 Å². The Bertz CT molecular complexity index is 483. The van der Waals surface area contributed by atoms with E-state index in [9.17, 15) is 8.42 Å². The fourth-order valence-electron chi connectivity index (χ4n) is 2.35. The predicted molar refractivity (Wildman–Crippen MR) is 69.7 cm³/mol. The molecule has 1 saturated heterocycles. The van der Waals surface area contributed by atoms with Crippen molar-refractivity contribution in [2.45, 2.75) is 31.2 Å². The van der Waals surface area contributed by atoms with Crippen LogP contribution in [-0.4, -0.2) is 37.4 Å². The highest BCUT2D eigenvalue weighted by Crippen LogP contribution is 2.30. The lowest BCUT2D eigenvalue weighted by molar-refractivity contribution is 0.182. The van der Waals surface area contributed by atoms with Gasteiger partial charge in [0.15, 0.2) is 9.84 Å². The van der Waals surface area contributed by atoms with Gasteiger partial charge in [0.1, 0.15) is 0 Å². The summed E-state index contributed by atoms with van der Waals surface area (Å²) >= 11 is 0. The Balaban J connectivity index is 2.10. The second-order valence-corrected chi connectivity index (χ2v) is 7.26. The Morgan fingerprint density at radius 2 is 1.88 bits per heavy atom. The summed E-state index contributed by atoms with van der Waals surface area (Å²) in [6, 6.07) is 10.6. The zero-order chi connectivity index (χ0) is 12.6. The number of sulfone groups is 1. The summed E-state index contributed by atoms with van der Waals surface area (Å²) in [5.74, 6) is 0.293. The van der Waals surface area contributed by atoms with Gasteiger partial charge in [0.25, 0.3) is 0 Å². The minimum absolute atomic E-state index is 0.148. The maximum absolute atomic E-state index is 11.5. The van der Waals surface area contributed by atoms with Gasteiger partial charge in [0.2, 0.25) is 0 Å². The summed E-state index contributed by atoms with van der Waals surface area (Å²) in [7, 11) is -0.804. The predicted octanol–water partition coefficient (Wildman–Crippen LogP) is 1.86. The fourth-order valence-corrected chi connectivity index (χ4v) is 4.06. The average molecular weight is 253 g/mol. The highest BCUT2D eigenvalue weighted by atomic mass is 32.2. The van der Waals surface area contributed by atoms with Crippen molar-refractivity contribution in [1.29, 1.82) is 0 Å². The first-order valence-corrected chi connectivity index (χ1v) is 7.63. The zero-order valence-electron chi connectivity index (χ0n) is 10.5. The zero-order valence-corrected chi connectivity index (χ0v) is 11.3. The number of benzene rings is 1. The van der Waals surface area contributed by atoms with Crippen molar-refractivity contribution in [3.63, 3.8) is 0 Å². The van der Waals surface area contributed by atoms with E-state index in [0.717, 1.165) is 0 Å². The number of rotatable bonds is 3. The van der Waals surface area contributed by atoms with Crippen molar-refractivity contribution in [1.82, 2.24) is 4.90 Å². The molecule has 17 heavy (non-hydrogen) atoms. The Labute approximate surface area is 103 Å². The van der Waals surface area contributed by atoms with E-state index in [2.05, 4.69) is 24.0 Å². The number of hydrogen-bond donors (Lipinski definition) is 0. The third-order valence-electron chi connectivity index (χ3n) is 3.93. The van der Waals surface area contributed by atoms with E-state index in [1.165, 1.54) is 5.56 Å². The van der Waals surface area contributed by atoms with Gasteiger partial charge in [-0.3, -0.25) is 4.90 Å². The van der Waals surface area contributed by atoms with Crippen LogP contribution in [0.3, 0.4) is 0 Å². The van der Waals surface area contributed by atoms with E-state index in [1.807, 2.05) is 25.2 Å². The Morgan fingerprint density at radius 1 is 1.29 bits per heavy atom. The molecule has 4 heteroatoms. The lowest BCUT2D eigenvalue weighted by Crippen LogP contribution is -2.58. The van der Waals surface area contributed by atoms with Crippen LogP contribution in [0.25, 0.3) is 0 Å². The molecule has 0 bridgehead atoms. The van der Waals surface area contributed by atoms with Crippen LogP contribution in [0.2, 0.25) is 0 Å². The van der Waals surface area contributed by atoms with Gasteiger partial charge in [-0.2, -0.15) is 0 Å². The van der Waals surface area contributed by atoms with Crippen LogP contribution in [0.4, 0.5) is 0 Å². The average Bonchev–Trinajstić information content (AvgIpc) is 2.35. The first-order chi connectivity index (χ1) is 7.93. The molecule has 0 unspecified atom stereocenters. The molecule has 0 spiro atoms. The summed E-state index contributed by atoms with van der Waals surface area (Å²) in [5, 5.41) is -0.237. The van der Waals surface area contributed by atoms with Crippen LogP contribution in [0.1, 0.15) is 25.5 Å². The molecule has 0 N–H and O–H groups in total. The molecular weight excluding hydrogens is 234 g/mol. The SMILES string of the molecule is C[C@H](c1ccccc1)N(C)[C@@H]1CS(=O)(=O)[C@@H]1C. The lowest BCUT2D eigenvalue weighted by Gasteiger charge is -2.43. The van der Waals surface area contributed by atoms with E-state index < -0.39 is 9.84 Å². The molecule has 0 aromatic heterocycles. The van der Waals surface area contributed by atoms with Crippen LogP contribution in [-0.2, 0) is 9.84 Å². The van der Waals surface area contributed by atoms with Gasteiger partial charge in [-0.25, -0.2) is 8.42 Å². The largest absolute Gasteiger partial charge is 0.294 e. The smallest absolute Gasteiger partial charge is 0.156 e. The molecule has 0 amide bonds. The summed E-state index contributed by atoms with van der Waals surface area (Å²) < 4.78 is 22.9. The van der Waals surface area contributed by atoms with Gasteiger partial charge in [-0.05, 0) is 26.5 Å². The minimum Gasteiger partial charge on any atom is -0.294 e. The van der Waals surface area contributed by atoms with E-state index in [-0.39, 0.29) is 17.3 Å². The van der Waals surface area contributed by atoms with Crippen molar-refractivity contribution >= 4 is 9.84 Å². The van der Waals surface area contributed by atoms with E-state index in [1.54, 1.807) is 6.92 Å². The van der Waals surface area contributed by atoms with Crippen LogP contribution < -0.4 is 0 Å². The molecule has 1 aromatic carbocycles. The molecular formula is C13H19NO2S. The van der Waals surface area contributed by atoms with Crippen LogP contribution in [0.15, 0.2) is 30.3 Å². The van der Waals surface area contributed by atoms with Gasteiger partial charge >= 0.3 is 0 Å². The molecule has 1 fully saturated rings. The summed E-state index contributed by atoms with van der Waals surface area (Å²) in [6.45, 7) is 3.92. The third-order valence-corrected chi connectivity index (χ3v) is 6.18. The van der Waals surface area contributed by atoms with Crippen LogP contribution >= 0.6 is 0 Å². The first kappa shape index (κ1) is 12.6. The molecule has 1 aliphatic rings. The van der Waals surface area contributed by atoms with Crippen molar-refractivity contribution in [3.05, 3.63) is 35.9 Å². The highest BCUT2D eigenvalue weighted by Gasteiger charge is 2.45. The van der Waals surface area contributed by atoms with Crippen LogP contribution in [0, 0.1) is 0 Å². The number of nitrogens with zero attached hydrogens (tertiary/aromatic N) is 1. The topological polar surface area (TPSA) is 37.4 Å². The Morgan fingerprint density at radius 3 is 2.35 bits per heavy atom. The molecule has 1 aromatic rings. The summed E-state index contributed by atoms with van der Waals surface area (Å²) in [5.41, 5.74) is 1.23. The Hall–Kier alpha value is -0.870.